The molecular formula is C10H17N3. The molecule has 72 valence electrons. The first-order valence-electron chi connectivity index (χ1n) is 4.66. The van der Waals surface area contributed by atoms with Gasteiger partial charge in [0.15, 0.2) is 0 Å². The van der Waals surface area contributed by atoms with Gasteiger partial charge < -0.3 is 11.5 Å². The number of allylic oxidation sites excluding steroid dienone is 3. The van der Waals surface area contributed by atoms with Crippen LogP contribution in [0.3, 0.4) is 0 Å². The molecule has 0 saturated heterocycles. The zero-order valence-electron chi connectivity index (χ0n) is 7.82. The van der Waals surface area contributed by atoms with Gasteiger partial charge in [-0.3, -0.25) is 4.99 Å². The molecule has 3 nitrogen and oxygen atoms in total. The molecule has 0 spiro atoms. The zero-order valence-corrected chi connectivity index (χ0v) is 7.82. The molecule has 0 saturated carbocycles. The van der Waals surface area contributed by atoms with Crippen molar-refractivity contribution < 1.29 is 0 Å². The van der Waals surface area contributed by atoms with Gasteiger partial charge in [-0.05, 0) is 31.4 Å². The van der Waals surface area contributed by atoms with E-state index in [0.29, 0.717) is 11.8 Å². The number of nitrogens with two attached hydrogens (primary N) is 2. The van der Waals surface area contributed by atoms with E-state index in [1.165, 1.54) is 0 Å². The Hall–Kier alpha value is -1.09. The van der Waals surface area contributed by atoms with E-state index in [2.05, 4.69) is 11.1 Å². The van der Waals surface area contributed by atoms with Crippen LogP contribution in [0.15, 0.2) is 29.3 Å². The number of hydrogen-bond acceptors (Lipinski definition) is 3. The van der Waals surface area contributed by atoms with E-state index in [1.54, 1.807) is 0 Å². The van der Waals surface area contributed by atoms with Crippen LogP contribution in [0.25, 0.3) is 0 Å². The summed E-state index contributed by atoms with van der Waals surface area (Å²) in [5.74, 6) is 1.15. The number of nitrogens with zero attached hydrogens (tertiary/aromatic N) is 1. The Morgan fingerprint density at radius 3 is 3.08 bits per heavy atom. The second kappa shape index (κ2) is 5.54. The first-order chi connectivity index (χ1) is 6.33. The first-order valence-corrected chi connectivity index (χ1v) is 4.66. The Balaban J connectivity index is 2.57. The van der Waals surface area contributed by atoms with Crippen LogP contribution in [0.5, 0.6) is 0 Å². The summed E-state index contributed by atoms with van der Waals surface area (Å²) in [7, 11) is 0. The molecule has 1 aliphatic rings. The van der Waals surface area contributed by atoms with E-state index in [9.17, 15) is 0 Å². The molecule has 4 N–H and O–H groups in total. The molecule has 1 heterocycles. The van der Waals surface area contributed by atoms with Crippen molar-refractivity contribution in [3.63, 3.8) is 0 Å². The van der Waals surface area contributed by atoms with Crippen LogP contribution in [0.1, 0.15) is 12.8 Å². The minimum atomic E-state index is 0.541. The van der Waals surface area contributed by atoms with E-state index >= 15 is 0 Å². The summed E-state index contributed by atoms with van der Waals surface area (Å²) in [5, 5.41) is 0. The number of amidine groups is 1. The number of rotatable bonds is 2. The lowest BCUT2D eigenvalue weighted by Crippen LogP contribution is -2.14. The highest BCUT2D eigenvalue weighted by Crippen LogP contribution is 2.10. The van der Waals surface area contributed by atoms with Crippen LogP contribution in [0.2, 0.25) is 0 Å². The summed E-state index contributed by atoms with van der Waals surface area (Å²) in [4.78, 5) is 4.26. The second-order valence-corrected chi connectivity index (χ2v) is 3.23. The molecule has 0 aromatic heterocycles. The van der Waals surface area contributed by atoms with Crippen LogP contribution < -0.4 is 11.5 Å². The molecule has 0 amide bonds. The molecule has 0 aromatic rings. The Kier molecular flexibility index (Phi) is 4.26. The molecule has 0 radical (unpaired) electrons. The fourth-order valence-electron chi connectivity index (χ4n) is 1.31. The summed E-state index contributed by atoms with van der Waals surface area (Å²) in [5.41, 5.74) is 11.1. The van der Waals surface area contributed by atoms with Crippen molar-refractivity contribution >= 4 is 5.84 Å². The second-order valence-electron chi connectivity index (χ2n) is 3.23. The third kappa shape index (κ3) is 3.90. The van der Waals surface area contributed by atoms with Gasteiger partial charge in [-0.1, -0.05) is 18.2 Å². The van der Waals surface area contributed by atoms with E-state index in [1.807, 2.05) is 18.2 Å². The highest BCUT2D eigenvalue weighted by molar-refractivity contribution is 5.91. The van der Waals surface area contributed by atoms with Crippen molar-refractivity contribution in [3.05, 3.63) is 24.3 Å². The quantitative estimate of drug-likeness (QED) is 0.659. The topological polar surface area (TPSA) is 64.4 Å². The Bertz CT molecular complexity index is 228. The average molecular weight is 179 g/mol. The highest BCUT2D eigenvalue weighted by atomic mass is 14.8. The predicted molar refractivity (Wildman–Crippen MR) is 56.5 cm³/mol. The van der Waals surface area contributed by atoms with Gasteiger partial charge in [-0.15, -0.1) is 0 Å². The van der Waals surface area contributed by atoms with E-state index in [4.69, 9.17) is 11.5 Å². The first kappa shape index (κ1) is 9.99. The third-order valence-corrected chi connectivity index (χ3v) is 2.09. The van der Waals surface area contributed by atoms with Gasteiger partial charge >= 0.3 is 0 Å². The Morgan fingerprint density at radius 2 is 2.31 bits per heavy atom. The van der Waals surface area contributed by atoms with E-state index in [0.717, 1.165) is 25.9 Å². The zero-order chi connectivity index (χ0) is 9.52. The van der Waals surface area contributed by atoms with Gasteiger partial charge in [0.2, 0.25) is 0 Å². The summed E-state index contributed by atoms with van der Waals surface area (Å²) in [6, 6.07) is 0. The van der Waals surface area contributed by atoms with E-state index < -0.39 is 0 Å². The SMILES string of the molecule is NCCC1C/C=C\C=C/C(N)=NC1. The minimum absolute atomic E-state index is 0.541. The van der Waals surface area contributed by atoms with Gasteiger partial charge in [0, 0.05) is 6.54 Å². The molecular weight excluding hydrogens is 162 g/mol. The van der Waals surface area contributed by atoms with Gasteiger partial charge in [-0.2, -0.15) is 0 Å². The number of aliphatic imine (C=N–C) groups is 1. The van der Waals surface area contributed by atoms with E-state index in [-0.39, 0.29) is 0 Å². The third-order valence-electron chi connectivity index (χ3n) is 2.09. The maximum Gasteiger partial charge on any atom is 0.118 e. The summed E-state index contributed by atoms with van der Waals surface area (Å²) in [6.07, 6.45) is 9.95. The van der Waals surface area contributed by atoms with Crippen LogP contribution >= 0.6 is 0 Å². The molecule has 13 heavy (non-hydrogen) atoms. The molecule has 0 fully saturated rings. The standard InChI is InChI=1S/C10H17N3/c11-7-6-9-4-2-1-3-5-10(12)13-8-9/h1-3,5,9H,4,6-8,11H2,(H2,12,13)/b2-1-,5-3-. The maximum atomic E-state index is 5.63. The molecule has 1 rings (SSSR count). The molecule has 0 aliphatic carbocycles. The molecule has 1 unspecified atom stereocenters. The van der Waals surface area contributed by atoms with Crippen molar-refractivity contribution in [2.45, 2.75) is 12.8 Å². The van der Waals surface area contributed by atoms with Gasteiger partial charge in [-0.25, -0.2) is 0 Å². The Labute approximate surface area is 79.2 Å². The normalized spacial score (nSPS) is 28.1. The van der Waals surface area contributed by atoms with Crippen LogP contribution in [0, 0.1) is 5.92 Å². The Morgan fingerprint density at radius 1 is 1.46 bits per heavy atom. The van der Waals surface area contributed by atoms with Crippen LogP contribution in [-0.2, 0) is 0 Å². The maximum absolute atomic E-state index is 5.63. The monoisotopic (exact) mass is 179 g/mol. The van der Waals surface area contributed by atoms with Gasteiger partial charge in [0.05, 0.1) is 0 Å². The predicted octanol–water partition coefficient (Wildman–Crippen LogP) is 0.825. The van der Waals surface area contributed by atoms with Gasteiger partial charge in [0.1, 0.15) is 5.84 Å². The van der Waals surface area contributed by atoms with Crippen molar-refractivity contribution in [2.24, 2.45) is 22.4 Å². The fraction of sp³-hybridized carbons (Fsp3) is 0.500. The molecule has 1 atom stereocenters. The van der Waals surface area contributed by atoms with Crippen molar-refractivity contribution in [2.75, 3.05) is 13.1 Å². The lowest BCUT2D eigenvalue weighted by atomic mass is 10.0. The molecule has 3 heteroatoms. The smallest absolute Gasteiger partial charge is 0.118 e. The lowest BCUT2D eigenvalue weighted by Gasteiger charge is -2.10. The lowest BCUT2D eigenvalue weighted by molar-refractivity contribution is 0.511. The van der Waals surface area contributed by atoms with Gasteiger partial charge in [0.25, 0.3) is 0 Å². The summed E-state index contributed by atoms with van der Waals surface area (Å²) in [6.45, 7) is 1.51. The molecule has 1 aliphatic heterocycles. The average Bonchev–Trinajstić information content (AvgIpc) is 2.21. The van der Waals surface area contributed by atoms with Crippen molar-refractivity contribution in [1.82, 2.24) is 0 Å². The summed E-state index contributed by atoms with van der Waals surface area (Å²) < 4.78 is 0. The van der Waals surface area contributed by atoms with Crippen molar-refractivity contribution in [1.29, 1.82) is 0 Å². The molecule has 0 aromatic carbocycles. The molecule has 0 bridgehead atoms. The van der Waals surface area contributed by atoms with Crippen LogP contribution in [-0.4, -0.2) is 18.9 Å². The van der Waals surface area contributed by atoms with Crippen molar-refractivity contribution in [3.8, 4) is 0 Å². The highest BCUT2D eigenvalue weighted by Gasteiger charge is 2.05. The number of hydrogen-bond donors (Lipinski definition) is 2. The largest absolute Gasteiger partial charge is 0.384 e. The summed E-state index contributed by atoms with van der Waals surface area (Å²) >= 11 is 0. The van der Waals surface area contributed by atoms with Crippen LogP contribution in [0.4, 0.5) is 0 Å². The minimum Gasteiger partial charge on any atom is -0.384 e. The fourth-order valence-corrected chi connectivity index (χ4v) is 1.31.